The van der Waals surface area contributed by atoms with E-state index in [1.165, 1.54) is 105 Å². The Labute approximate surface area is 304 Å². The summed E-state index contributed by atoms with van der Waals surface area (Å²) in [5, 5.41) is 2.57. The zero-order valence-corrected chi connectivity index (χ0v) is 30.6. The molecule has 0 aliphatic heterocycles. The molecule has 6 aromatic rings. The zero-order chi connectivity index (χ0) is 34.5. The first-order valence-electron chi connectivity index (χ1n) is 19.6. The molecule has 11 rings (SSSR count). The summed E-state index contributed by atoms with van der Waals surface area (Å²) in [4.78, 5) is 2.69. The van der Waals surface area contributed by atoms with Gasteiger partial charge < -0.3 is 4.90 Å². The van der Waals surface area contributed by atoms with Crippen molar-refractivity contribution >= 4 is 27.8 Å². The fraction of sp³-hybridized carbons (Fsp3) is 0.320. The second-order valence-electron chi connectivity index (χ2n) is 17.4. The monoisotopic (exact) mass is 663 g/mol. The van der Waals surface area contributed by atoms with E-state index in [9.17, 15) is 0 Å². The molecule has 0 atom stereocenters. The van der Waals surface area contributed by atoms with Gasteiger partial charge in [0.25, 0.3) is 0 Å². The molecule has 51 heavy (non-hydrogen) atoms. The molecule has 0 radical (unpaired) electrons. The Morgan fingerprint density at radius 3 is 1.78 bits per heavy atom. The minimum absolute atomic E-state index is 0.0799. The molecule has 0 N–H and O–H groups in total. The molecule has 5 aliphatic rings. The summed E-state index contributed by atoms with van der Waals surface area (Å²) in [5.41, 5.74) is 15.3. The average molecular weight is 664 g/mol. The Balaban J connectivity index is 1.26. The quantitative estimate of drug-likeness (QED) is 0.171. The van der Waals surface area contributed by atoms with Crippen molar-refractivity contribution in [1.29, 1.82) is 0 Å². The molecular weight excluding hydrogens is 615 g/mol. The van der Waals surface area contributed by atoms with Crippen LogP contribution < -0.4 is 4.90 Å². The van der Waals surface area contributed by atoms with Crippen molar-refractivity contribution in [2.45, 2.75) is 83.0 Å². The summed E-state index contributed by atoms with van der Waals surface area (Å²) in [6.07, 6.45) is 8.39. The van der Waals surface area contributed by atoms with Gasteiger partial charge in [-0.1, -0.05) is 125 Å². The van der Waals surface area contributed by atoms with Gasteiger partial charge in [-0.2, -0.15) is 0 Å². The van der Waals surface area contributed by atoms with Crippen LogP contribution in [0.15, 0.2) is 127 Å². The number of para-hydroxylation sites is 1. The normalized spacial score (nSPS) is 23.8. The van der Waals surface area contributed by atoms with Crippen LogP contribution in [-0.2, 0) is 10.8 Å². The summed E-state index contributed by atoms with van der Waals surface area (Å²) in [6, 6.07) is 49.0. The fourth-order valence-corrected chi connectivity index (χ4v) is 11.7. The maximum Gasteiger partial charge on any atom is 0.0546 e. The molecule has 254 valence electrons. The van der Waals surface area contributed by atoms with Crippen LogP contribution in [0.5, 0.6) is 0 Å². The average Bonchev–Trinajstić information content (AvgIpc) is 3.36. The Kier molecular flexibility index (Phi) is 6.99. The van der Waals surface area contributed by atoms with Gasteiger partial charge in [0, 0.05) is 22.4 Å². The van der Waals surface area contributed by atoms with E-state index in [2.05, 4.69) is 160 Å². The molecule has 1 heteroatoms. The van der Waals surface area contributed by atoms with E-state index in [0.29, 0.717) is 5.92 Å². The molecular formula is C50H49N. The van der Waals surface area contributed by atoms with Crippen molar-refractivity contribution in [2.24, 2.45) is 17.8 Å². The minimum Gasteiger partial charge on any atom is -0.310 e. The van der Waals surface area contributed by atoms with Crippen molar-refractivity contribution in [3.8, 4) is 22.3 Å². The van der Waals surface area contributed by atoms with Gasteiger partial charge in [0.05, 0.1) is 5.69 Å². The van der Waals surface area contributed by atoms with Crippen molar-refractivity contribution in [3.63, 3.8) is 0 Å². The smallest absolute Gasteiger partial charge is 0.0546 e. The highest BCUT2D eigenvalue weighted by Gasteiger charge is 2.52. The molecule has 1 nitrogen and oxygen atoms in total. The van der Waals surface area contributed by atoms with E-state index < -0.39 is 0 Å². The first-order chi connectivity index (χ1) is 24.8. The molecule has 4 bridgehead atoms. The van der Waals surface area contributed by atoms with Gasteiger partial charge in [-0.05, 0) is 148 Å². The van der Waals surface area contributed by atoms with Crippen molar-refractivity contribution in [1.82, 2.24) is 0 Å². The number of fused-ring (bicyclic) bond motifs is 4. The van der Waals surface area contributed by atoms with Crippen LogP contribution in [0.3, 0.4) is 0 Å². The third-order valence-corrected chi connectivity index (χ3v) is 13.6. The predicted molar refractivity (Wildman–Crippen MR) is 216 cm³/mol. The topological polar surface area (TPSA) is 3.24 Å². The Morgan fingerprint density at radius 1 is 0.510 bits per heavy atom. The highest BCUT2D eigenvalue weighted by molar-refractivity contribution is 5.99. The van der Waals surface area contributed by atoms with Gasteiger partial charge in [-0.15, -0.1) is 0 Å². The first kappa shape index (κ1) is 31.1. The van der Waals surface area contributed by atoms with Crippen LogP contribution in [0, 0.1) is 17.8 Å². The molecule has 4 fully saturated rings. The van der Waals surface area contributed by atoms with Gasteiger partial charge in [-0.25, -0.2) is 0 Å². The van der Waals surface area contributed by atoms with Gasteiger partial charge in [-0.3, -0.25) is 0 Å². The van der Waals surface area contributed by atoms with Gasteiger partial charge >= 0.3 is 0 Å². The summed E-state index contributed by atoms with van der Waals surface area (Å²) in [7, 11) is 0. The van der Waals surface area contributed by atoms with Crippen LogP contribution in [0.2, 0.25) is 0 Å². The van der Waals surface area contributed by atoms with Crippen molar-refractivity contribution < 1.29 is 0 Å². The van der Waals surface area contributed by atoms with E-state index in [0.717, 1.165) is 17.8 Å². The second-order valence-corrected chi connectivity index (χ2v) is 17.4. The SMILES string of the molecule is CC(C)c1ccccc1-c1cc2ccccc2cc1N(c1ccc2c(c1)C(C)(C)c1ccccc1-2)c1ccccc1C12CC3CC(CC(C3)C1)C2. The van der Waals surface area contributed by atoms with Crippen LogP contribution in [0.4, 0.5) is 17.1 Å². The Bertz CT molecular complexity index is 2290. The molecule has 0 spiro atoms. The fourth-order valence-electron chi connectivity index (χ4n) is 11.7. The van der Waals surface area contributed by atoms with Crippen LogP contribution in [0.1, 0.15) is 94.4 Å². The second kappa shape index (κ2) is 11.4. The molecule has 0 heterocycles. The number of nitrogens with zero attached hydrogens (tertiary/aromatic N) is 1. The first-order valence-corrected chi connectivity index (χ1v) is 19.6. The molecule has 0 unspecified atom stereocenters. The number of rotatable bonds is 6. The Hall–Kier alpha value is -4.62. The lowest BCUT2D eigenvalue weighted by atomic mass is 9.48. The number of anilines is 3. The summed E-state index contributed by atoms with van der Waals surface area (Å²) in [6.45, 7) is 9.49. The van der Waals surface area contributed by atoms with Gasteiger partial charge in [0.15, 0.2) is 0 Å². The largest absolute Gasteiger partial charge is 0.310 e. The third-order valence-electron chi connectivity index (χ3n) is 13.6. The van der Waals surface area contributed by atoms with Crippen LogP contribution >= 0.6 is 0 Å². The molecule has 6 aromatic carbocycles. The minimum atomic E-state index is -0.0799. The number of hydrogen-bond acceptors (Lipinski definition) is 1. The molecule has 4 saturated carbocycles. The van der Waals surface area contributed by atoms with Gasteiger partial charge in [0.1, 0.15) is 0 Å². The maximum absolute atomic E-state index is 2.69. The lowest BCUT2D eigenvalue weighted by Crippen LogP contribution is -2.48. The number of hydrogen-bond donors (Lipinski definition) is 0. The number of benzene rings is 6. The summed E-state index contributed by atoms with van der Waals surface area (Å²) in [5.74, 6) is 3.05. The van der Waals surface area contributed by atoms with Gasteiger partial charge in [0.2, 0.25) is 0 Å². The zero-order valence-electron chi connectivity index (χ0n) is 30.6. The molecule has 0 aromatic heterocycles. The van der Waals surface area contributed by atoms with E-state index >= 15 is 0 Å². The van der Waals surface area contributed by atoms with Crippen LogP contribution in [0.25, 0.3) is 33.0 Å². The van der Waals surface area contributed by atoms with Crippen molar-refractivity contribution in [3.05, 3.63) is 150 Å². The summed E-state index contributed by atoms with van der Waals surface area (Å²) < 4.78 is 0. The Morgan fingerprint density at radius 2 is 1.08 bits per heavy atom. The van der Waals surface area contributed by atoms with Crippen molar-refractivity contribution in [2.75, 3.05) is 4.90 Å². The highest BCUT2D eigenvalue weighted by atomic mass is 15.1. The maximum atomic E-state index is 2.69. The highest BCUT2D eigenvalue weighted by Crippen LogP contribution is 2.63. The molecule has 5 aliphatic carbocycles. The lowest BCUT2D eigenvalue weighted by Gasteiger charge is -2.57. The van der Waals surface area contributed by atoms with E-state index in [4.69, 9.17) is 0 Å². The summed E-state index contributed by atoms with van der Waals surface area (Å²) >= 11 is 0. The predicted octanol–water partition coefficient (Wildman–Crippen LogP) is 13.9. The lowest BCUT2D eigenvalue weighted by molar-refractivity contribution is -0.00491. The molecule has 0 saturated heterocycles. The van der Waals surface area contributed by atoms with E-state index in [1.807, 2.05) is 0 Å². The van der Waals surface area contributed by atoms with Crippen LogP contribution in [-0.4, -0.2) is 0 Å². The molecule has 0 amide bonds. The standard InChI is InChI=1S/C50H49N/c1-32(2)39-15-7-8-16-40(39)43-26-36-13-5-6-14-37(36)27-48(43)51(38-21-22-42-41-17-9-10-18-44(41)49(3,4)46(42)28-38)47-20-12-11-19-45(47)50-29-33-23-34(30-50)25-35(24-33)31-50/h5-22,26-28,32-35H,23-25,29-31H2,1-4H3. The third kappa shape index (κ3) is 4.80. The van der Waals surface area contributed by atoms with E-state index in [-0.39, 0.29) is 10.8 Å². The van der Waals surface area contributed by atoms with E-state index in [1.54, 1.807) is 5.56 Å².